The topological polar surface area (TPSA) is 22.1 Å². The van der Waals surface area contributed by atoms with Crippen LogP contribution in [0.5, 0.6) is 0 Å². The summed E-state index contributed by atoms with van der Waals surface area (Å²) in [5.41, 5.74) is 7.28. The van der Waals surface area contributed by atoms with E-state index in [1.54, 1.807) is 0 Å². The molecule has 3 aromatic rings. The van der Waals surface area contributed by atoms with Crippen molar-refractivity contribution in [1.82, 2.24) is 4.90 Å². The van der Waals surface area contributed by atoms with Gasteiger partial charge in [0.25, 0.3) is 0 Å². The Balaban J connectivity index is 1.39. The molecule has 0 unspecified atom stereocenters. The molecule has 3 aromatic carbocycles. The zero-order valence-corrected chi connectivity index (χ0v) is 17.5. The summed E-state index contributed by atoms with van der Waals surface area (Å²) in [7, 11) is 0. The molecule has 4 nitrogen and oxygen atoms in total. The quantitative estimate of drug-likeness (QED) is 0.543. The SMILES string of the molecule is Clc1cc2c3c(c1)N=C(N1CCN(c4ccccc4)CC1)c1ccccc1N3CC2. The highest BCUT2D eigenvalue weighted by atomic mass is 35.5. The van der Waals surface area contributed by atoms with Crippen LogP contribution in [0.2, 0.25) is 5.02 Å². The van der Waals surface area contributed by atoms with E-state index >= 15 is 0 Å². The van der Waals surface area contributed by atoms with Crippen molar-refractivity contribution in [2.75, 3.05) is 42.5 Å². The van der Waals surface area contributed by atoms with E-state index in [9.17, 15) is 0 Å². The fraction of sp³-hybridized carbons (Fsp3) is 0.240. The number of para-hydroxylation sites is 2. The third-order valence-electron chi connectivity index (χ3n) is 6.37. The van der Waals surface area contributed by atoms with Gasteiger partial charge in [0.2, 0.25) is 0 Å². The van der Waals surface area contributed by atoms with Gasteiger partial charge in [0.05, 0.1) is 17.1 Å². The molecule has 0 N–H and O–H groups in total. The molecule has 0 aliphatic carbocycles. The third-order valence-corrected chi connectivity index (χ3v) is 6.59. The maximum absolute atomic E-state index is 6.46. The van der Waals surface area contributed by atoms with Gasteiger partial charge in [-0.1, -0.05) is 41.9 Å². The molecule has 0 saturated carbocycles. The van der Waals surface area contributed by atoms with Crippen molar-refractivity contribution in [1.29, 1.82) is 0 Å². The van der Waals surface area contributed by atoms with Gasteiger partial charge in [-0.05, 0) is 48.4 Å². The molecule has 3 aliphatic heterocycles. The van der Waals surface area contributed by atoms with Gasteiger partial charge in [0, 0.05) is 49.0 Å². The summed E-state index contributed by atoms with van der Waals surface area (Å²) in [6, 6.07) is 23.5. The number of amidine groups is 1. The van der Waals surface area contributed by atoms with Crippen LogP contribution < -0.4 is 9.80 Å². The maximum Gasteiger partial charge on any atom is 0.138 e. The molecule has 1 fully saturated rings. The normalized spacial score (nSPS) is 17.4. The first-order valence-corrected chi connectivity index (χ1v) is 11.0. The van der Waals surface area contributed by atoms with E-state index in [-0.39, 0.29) is 0 Å². The zero-order valence-electron chi connectivity index (χ0n) is 16.8. The Hall–Kier alpha value is -2.98. The van der Waals surface area contributed by atoms with E-state index in [0.717, 1.165) is 55.7 Å². The average molecular weight is 415 g/mol. The average Bonchev–Trinajstić information content (AvgIpc) is 3.16. The molecule has 0 atom stereocenters. The van der Waals surface area contributed by atoms with Crippen LogP contribution in [0.15, 0.2) is 71.7 Å². The summed E-state index contributed by atoms with van der Waals surface area (Å²) in [5.74, 6) is 1.07. The maximum atomic E-state index is 6.46. The van der Waals surface area contributed by atoms with Crippen molar-refractivity contribution in [3.63, 3.8) is 0 Å². The Morgan fingerprint density at radius 1 is 0.767 bits per heavy atom. The minimum absolute atomic E-state index is 0.772. The van der Waals surface area contributed by atoms with Gasteiger partial charge in [-0.2, -0.15) is 0 Å². The van der Waals surface area contributed by atoms with E-state index in [1.165, 1.54) is 28.2 Å². The highest BCUT2D eigenvalue weighted by molar-refractivity contribution is 6.31. The van der Waals surface area contributed by atoms with Gasteiger partial charge in [-0.3, -0.25) is 0 Å². The first kappa shape index (κ1) is 17.8. The van der Waals surface area contributed by atoms with Gasteiger partial charge in [-0.25, -0.2) is 4.99 Å². The second-order valence-corrected chi connectivity index (χ2v) is 8.53. The molecule has 0 amide bonds. The first-order valence-electron chi connectivity index (χ1n) is 10.6. The van der Waals surface area contributed by atoms with E-state index in [1.807, 2.05) is 6.07 Å². The molecule has 3 aliphatic rings. The van der Waals surface area contributed by atoms with E-state index in [0.29, 0.717) is 0 Å². The highest BCUT2D eigenvalue weighted by Crippen LogP contribution is 2.47. The lowest BCUT2D eigenvalue weighted by molar-refractivity contribution is 0.386. The molecule has 1 saturated heterocycles. The lowest BCUT2D eigenvalue weighted by Gasteiger charge is -2.38. The minimum Gasteiger partial charge on any atom is -0.368 e. The van der Waals surface area contributed by atoms with Gasteiger partial charge in [-0.15, -0.1) is 0 Å². The Labute approximate surface area is 182 Å². The summed E-state index contributed by atoms with van der Waals surface area (Å²) in [5, 5.41) is 0.772. The lowest BCUT2D eigenvalue weighted by atomic mass is 10.1. The van der Waals surface area contributed by atoms with Crippen molar-refractivity contribution in [2.24, 2.45) is 4.99 Å². The zero-order chi connectivity index (χ0) is 20.1. The third kappa shape index (κ3) is 2.86. The monoisotopic (exact) mass is 414 g/mol. The van der Waals surface area contributed by atoms with Gasteiger partial charge in [0.1, 0.15) is 5.84 Å². The van der Waals surface area contributed by atoms with E-state index in [4.69, 9.17) is 16.6 Å². The Kier molecular flexibility index (Phi) is 4.20. The van der Waals surface area contributed by atoms with Crippen LogP contribution in [0.1, 0.15) is 11.1 Å². The molecular weight excluding hydrogens is 392 g/mol. The number of rotatable bonds is 1. The van der Waals surface area contributed by atoms with E-state index < -0.39 is 0 Å². The fourth-order valence-corrected chi connectivity index (χ4v) is 5.18. The molecule has 0 radical (unpaired) electrons. The first-order chi connectivity index (χ1) is 14.8. The van der Waals surface area contributed by atoms with Gasteiger partial charge in [0.15, 0.2) is 0 Å². The Bertz CT molecular complexity index is 1130. The number of piperazine rings is 1. The number of nitrogens with zero attached hydrogens (tertiary/aromatic N) is 4. The largest absolute Gasteiger partial charge is 0.368 e. The summed E-state index contributed by atoms with van der Waals surface area (Å²) < 4.78 is 0. The molecule has 0 spiro atoms. The number of hydrogen-bond acceptors (Lipinski definition) is 4. The van der Waals surface area contributed by atoms with Gasteiger partial charge < -0.3 is 14.7 Å². The van der Waals surface area contributed by atoms with Crippen molar-refractivity contribution >= 4 is 40.2 Å². The molecule has 0 bridgehead atoms. The van der Waals surface area contributed by atoms with Crippen LogP contribution in [0.25, 0.3) is 0 Å². The van der Waals surface area contributed by atoms with Crippen LogP contribution >= 0.6 is 11.6 Å². The fourth-order valence-electron chi connectivity index (χ4n) is 4.94. The van der Waals surface area contributed by atoms with Crippen LogP contribution in [0.3, 0.4) is 0 Å². The second-order valence-electron chi connectivity index (χ2n) is 8.10. The van der Waals surface area contributed by atoms with Crippen molar-refractivity contribution in [3.05, 3.63) is 82.9 Å². The smallest absolute Gasteiger partial charge is 0.138 e. The Morgan fingerprint density at radius 3 is 2.33 bits per heavy atom. The summed E-state index contributed by atoms with van der Waals surface area (Å²) in [6.07, 6.45) is 1.01. The molecule has 6 rings (SSSR count). The molecular formula is C25H23ClN4. The molecule has 30 heavy (non-hydrogen) atoms. The number of fused-ring (bicyclic) bond motifs is 2. The molecule has 150 valence electrons. The standard InChI is InChI=1S/C25H23ClN4/c26-19-16-18-10-11-30-23-9-5-4-8-21(23)25(27-22(17-19)24(18)30)29-14-12-28(13-15-29)20-6-2-1-3-7-20/h1-9,16-17H,10-15H2. The highest BCUT2D eigenvalue weighted by Gasteiger charge is 2.32. The second kappa shape index (κ2) is 7.06. The number of hydrogen-bond donors (Lipinski definition) is 0. The van der Waals surface area contributed by atoms with E-state index in [2.05, 4.69) is 75.4 Å². The molecule has 0 aromatic heterocycles. The predicted molar refractivity (Wildman–Crippen MR) is 125 cm³/mol. The van der Waals surface area contributed by atoms with Crippen LogP contribution in [-0.2, 0) is 6.42 Å². The van der Waals surface area contributed by atoms with Crippen molar-refractivity contribution in [3.8, 4) is 0 Å². The number of aliphatic imine (C=N–C) groups is 1. The van der Waals surface area contributed by atoms with Crippen LogP contribution in [-0.4, -0.2) is 43.5 Å². The summed E-state index contributed by atoms with van der Waals surface area (Å²) >= 11 is 6.46. The predicted octanol–water partition coefficient (Wildman–Crippen LogP) is 5.25. The number of anilines is 3. The molecule has 5 heteroatoms. The molecule has 3 heterocycles. The number of benzene rings is 3. The minimum atomic E-state index is 0.772. The van der Waals surface area contributed by atoms with Gasteiger partial charge >= 0.3 is 0 Å². The summed E-state index contributed by atoms with van der Waals surface area (Å²) in [6.45, 7) is 4.85. The number of halogens is 1. The lowest BCUT2D eigenvalue weighted by Crippen LogP contribution is -2.49. The van der Waals surface area contributed by atoms with Crippen LogP contribution in [0.4, 0.5) is 22.7 Å². The van der Waals surface area contributed by atoms with Crippen molar-refractivity contribution < 1.29 is 0 Å². The Morgan fingerprint density at radius 2 is 1.50 bits per heavy atom. The van der Waals surface area contributed by atoms with Crippen molar-refractivity contribution in [2.45, 2.75) is 6.42 Å². The van der Waals surface area contributed by atoms with Crippen LogP contribution in [0, 0.1) is 0 Å². The summed E-state index contributed by atoms with van der Waals surface area (Å²) in [4.78, 5) is 12.5.